The van der Waals surface area contributed by atoms with Crippen molar-refractivity contribution in [3.8, 4) is 0 Å². The molecule has 0 radical (unpaired) electrons. The van der Waals surface area contributed by atoms with Crippen molar-refractivity contribution in [2.45, 2.75) is 71.5 Å². The summed E-state index contributed by atoms with van der Waals surface area (Å²) in [7, 11) is 0. The zero-order chi connectivity index (χ0) is 13.8. The van der Waals surface area contributed by atoms with Gasteiger partial charge in [-0.2, -0.15) is 0 Å². The van der Waals surface area contributed by atoms with Crippen LogP contribution in [0.15, 0.2) is 0 Å². The fourth-order valence-corrected chi connectivity index (χ4v) is 3.07. The quantitative estimate of drug-likeness (QED) is 0.765. The summed E-state index contributed by atoms with van der Waals surface area (Å²) in [5.41, 5.74) is -0.142. The second kappa shape index (κ2) is 6.88. The Labute approximate surface area is 113 Å². The second-order valence-corrected chi connectivity index (χ2v) is 6.78. The van der Waals surface area contributed by atoms with Crippen LogP contribution in [0, 0.1) is 5.92 Å². The molecule has 0 saturated carbocycles. The van der Waals surface area contributed by atoms with Crippen LogP contribution >= 0.6 is 0 Å². The SMILES string of the molecule is CC1CCN(CCC(C)(CO)NC(C)C)C(C)C1. The van der Waals surface area contributed by atoms with Crippen LogP contribution in [0.4, 0.5) is 0 Å². The highest BCUT2D eigenvalue weighted by Gasteiger charge is 2.28. The van der Waals surface area contributed by atoms with Gasteiger partial charge in [-0.3, -0.25) is 0 Å². The Hall–Kier alpha value is -0.120. The minimum Gasteiger partial charge on any atom is -0.394 e. The Bertz CT molecular complexity index is 245. The number of rotatable bonds is 6. The molecule has 1 heterocycles. The Balaban J connectivity index is 2.42. The predicted molar refractivity (Wildman–Crippen MR) is 77.8 cm³/mol. The first-order valence-electron chi connectivity index (χ1n) is 7.49. The molecule has 3 heteroatoms. The van der Waals surface area contributed by atoms with Gasteiger partial charge in [0.25, 0.3) is 0 Å². The zero-order valence-electron chi connectivity index (χ0n) is 12.9. The number of aliphatic hydroxyl groups excluding tert-OH is 1. The summed E-state index contributed by atoms with van der Waals surface area (Å²) in [5.74, 6) is 0.870. The molecular weight excluding hydrogens is 224 g/mol. The van der Waals surface area contributed by atoms with E-state index in [1.54, 1.807) is 0 Å². The third-order valence-electron chi connectivity index (χ3n) is 4.21. The summed E-state index contributed by atoms with van der Waals surface area (Å²) in [6.07, 6.45) is 3.64. The Morgan fingerprint density at radius 2 is 2.06 bits per heavy atom. The average Bonchev–Trinajstić information content (AvgIpc) is 2.27. The highest BCUT2D eigenvalue weighted by molar-refractivity contribution is 4.87. The van der Waals surface area contributed by atoms with Gasteiger partial charge in [0.2, 0.25) is 0 Å². The highest BCUT2D eigenvalue weighted by Crippen LogP contribution is 2.23. The lowest BCUT2D eigenvalue weighted by molar-refractivity contribution is 0.0950. The van der Waals surface area contributed by atoms with Gasteiger partial charge in [-0.05, 0) is 45.6 Å². The first-order chi connectivity index (χ1) is 8.36. The fraction of sp³-hybridized carbons (Fsp3) is 1.00. The molecule has 0 aromatic rings. The molecule has 1 saturated heterocycles. The minimum absolute atomic E-state index is 0.142. The number of nitrogens with zero attached hydrogens (tertiary/aromatic N) is 1. The number of aliphatic hydroxyl groups is 1. The van der Waals surface area contributed by atoms with E-state index < -0.39 is 0 Å². The van der Waals surface area contributed by atoms with Gasteiger partial charge < -0.3 is 15.3 Å². The summed E-state index contributed by atoms with van der Waals surface area (Å²) in [4.78, 5) is 2.58. The maximum absolute atomic E-state index is 9.59. The summed E-state index contributed by atoms with van der Waals surface area (Å²) in [6.45, 7) is 13.6. The van der Waals surface area contributed by atoms with Crippen molar-refractivity contribution in [3.05, 3.63) is 0 Å². The van der Waals surface area contributed by atoms with Gasteiger partial charge in [0.05, 0.1) is 6.61 Å². The minimum atomic E-state index is -0.142. The summed E-state index contributed by atoms with van der Waals surface area (Å²) < 4.78 is 0. The molecular formula is C15H32N2O. The lowest BCUT2D eigenvalue weighted by Gasteiger charge is -2.39. The van der Waals surface area contributed by atoms with E-state index in [4.69, 9.17) is 0 Å². The number of hydrogen-bond acceptors (Lipinski definition) is 3. The molecule has 3 nitrogen and oxygen atoms in total. The molecule has 18 heavy (non-hydrogen) atoms. The smallest absolute Gasteiger partial charge is 0.0611 e. The third-order valence-corrected chi connectivity index (χ3v) is 4.21. The van der Waals surface area contributed by atoms with Crippen molar-refractivity contribution in [1.82, 2.24) is 10.2 Å². The third kappa shape index (κ3) is 4.87. The van der Waals surface area contributed by atoms with E-state index in [0.717, 1.165) is 18.9 Å². The van der Waals surface area contributed by atoms with Crippen LogP contribution < -0.4 is 5.32 Å². The molecule has 0 amide bonds. The molecule has 2 N–H and O–H groups in total. The van der Waals surface area contributed by atoms with Crippen LogP contribution in [0.3, 0.4) is 0 Å². The molecule has 0 spiro atoms. The second-order valence-electron chi connectivity index (χ2n) is 6.78. The van der Waals surface area contributed by atoms with E-state index in [1.165, 1.54) is 19.4 Å². The fourth-order valence-electron chi connectivity index (χ4n) is 3.07. The molecule has 1 fully saturated rings. The largest absolute Gasteiger partial charge is 0.394 e. The molecule has 0 aromatic carbocycles. The van der Waals surface area contributed by atoms with E-state index >= 15 is 0 Å². The van der Waals surface area contributed by atoms with Gasteiger partial charge in [0.1, 0.15) is 0 Å². The maximum atomic E-state index is 9.59. The standard InChI is InChI=1S/C15H32N2O/c1-12(2)16-15(5,11-18)7-9-17-8-6-13(3)10-14(17)4/h12-14,16,18H,6-11H2,1-5H3. The lowest BCUT2D eigenvalue weighted by Crippen LogP contribution is -2.52. The van der Waals surface area contributed by atoms with Gasteiger partial charge in [-0.15, -0.1) is 0 Å². The number of nitrogens with one attached hydrogen (secondary N) is 1. The monoisotopic (exact) mass is 256 g/mol. The molecule has 108 valence electrons. The van der Waals surface area contributed by atoms with Crippen molar-refractivity contribution in [1.29, 1.82) is 0 Å². The Morgan fingerprint density at radius 3 is 2.56 bits per heavy atom. The van der Waals surface area contributed by atoms with Gasteiger partial charge in [0, 0.05) is 24.2 Å². The topological polar surface area (TPSA) is 35.5 Å². The van der Waals surface area contributed by atoms with Crippen LogP contribution in [0.2, 0.25) is 0 Å². The molecule has 1 aliphatic heterocycles. The normalized spacial score (nSPS) is 29.5. The molecule has 0 aliphatic carbocycles. The van der Waals surface area contributed by atoms with Gasteiger partial charge >= 0.3 is 0 Å². The number of likely N-dealkylation sites (tertiary alicyclic amines) is 1. The van der Waals surface area contributed by atoms with Gasteiger partial charge in [-0.25, -0.2) is 0 Å². The van der Waals surface area contributed by atoms with Crippen molar-refractivity contribution >= 4 is 0 Å². The van der Waals surface area contributed by atoms with Crippen LogP contribution in [0.1, 0.15) is 53.9 Å². The maximum Gasteiger partial charge on any atom is 0.0611 e. The number of piperidine rings is 1. The van der Waals surface area contributed by atoms with Gasteiger partial charge in [-0.1, -0.05) is 20.8 Å². The van der Waals surface area contributed by atoms with Crippen molar-refractivity contribution in [2.75, 3.05) is 19.7 Å². The van der Waals surface area contributed by atoms with Crippen molar-refractivity contribution in [3.63, 3.8) is 0 Å². The summed E-state index contributed by atoms with van der Waals surface area (Å²) in [6, 6.07) is 1.11. The highest BCUT2D eigenvalue weighted by atomic mass is 16.3. The van der Waals surface area contributed by atoms with Crippen molar-refractivity contribution < 1.29 is 5.11 Å². The van der Waals surface area contributed by atoms with E-state index in [1.807, 2.05) is 0 Å². The van der Waals surface area contributed by atoms with Crippen LogP contribution in [0.25, 0.3) is 0 Å². The molecule has 1 rings (SSSR count). The van der Waals surface area contributed by atoms with Crippen LogP contribution in [-0.4, -0.2) is 47.3 Å². The summed E-state index contributed by atoms with van der Waals surface area (Å²) >= 11 is 0. The predicted octanol–water partition coefficient (Wildman–Crippen LogP) is 2.25. The van der Waals surface area contributed by atoms with Crippen LogP contribution in [-0.2, 0) is 0 Å². The molecule has 3 atom stereocenters. The number of hydrogen-bond donors (Lipinski definition) is 2. The Kier molecular flexibility index (Phi) is 6.09. The van der Waals surface area contributed by atoms with E-state index in [0.29, 0.717) is 12.1 Å². The molecule has 1 aliphatic rings. The van der Waals surface area contributed by atoms with Crippen molar-refractivity contribution in [2.24, 2.45) is 5.92 Å². The first kappa shape index (κ1) is 15.9. The molecule has 0 aromatic heterocycles. The zero-order valence-corrected chi connectivity index (χ0v) is 12.9. The van der Waals surface area contributed by atoms with E-state index in [2.05, 4.69) is 44.8 Å². The van der Waals surface area contributed by atoms with E-state index in [-0.39, 0.29) is 12.1 Å². The van der Waals surface area contributed by atoms with Crippen LogP contribution in [0.5, 0.6) is 0 Å². The molecule has 0 bridgehead atoms. The average molecular weight is 256 g/mol. The summed E-state index contributed by atoms with van der Waals surface area (Å²) in [5, 5.41) is 13.1. The Morgan fingerprint density at radius 1 is 1.39 bits per heavy atom. The van der Waals surface area contributed by atoms with E-state index in [9.17, 15) is 5.11 Å². The lowest BCUT2D eigenvalue weighted by atomic mass is 9.91. The first-order valence-corrected chi connectivity index (χ1v) is 7.49. The van der Waals surface area contributed by atoms with Gasteiger partial charge in [0.15, 0.2) is 0 Å². The molecule has 3 unspecified atom stereocenters.